The number of carbonyl (C=O) groups is 1. The molecule has 21 heavy (non-hydrogen) atoms. The fourth-order valence-electron chi connectivity index (χ4n) is 3.78. The van der Waals surface area contributed by atoms with Crippen LogP contribution >= 0.6 is 0 Å². The summed E-state index contributed by atoms with van der Waals surface area (Å²) >= 11 is 0. The van der Waals surface area contributed by atoms with Crippen molar-refractivity contribution in [3.05, 3.63) is 27.9 Å². The Morgan fingerprint density at radius 2 is 2.38 bits per heavy atom. The van der Waals surface area contributed by atoms with Crippen molar-refractivity contribution in [3.63, 3.8) is 0 Å². The van der Waals surface area contributed by atoms with Gasteiger partial charge in [0, 0.05) is 19.2 Å². The number of nitro groups is 1. The highest BCUT2D eigenvalue weighted by Gasteiger charge is 2.55. The summed E-state index contributed by atoms with van der Waals surface area (Å²) in [6.07, 6.45) is 3.83. The van der Waals surface area contributed by atoms with Gasteiger partial charge in [-0.1, -0.05) is 6.42 Å². The van der Waals surface area contributed by atoms with Crippen molar-refractivity contribution in [2.45, 2.75) is 26.2 Å². The molecule has 1 aromatic heterocycles. The van der Waals surface area contributed by atoms with Gasteiger partial charge in [-0.25, -0.2) is 4.98 Å². The van der Waals surface area contributed by atoms with Crippen molar-refractivity contribution in [2.24, 2.45) is 11.3 Å². The van der Waals surface area contributed by atoms with Gasteiger partial charge in [0.05, 0.1) is 10.3 Å². The number of carboxylic acid groups (broad SMARTS) is 1. The molecular weight excluding hydrogens is 274 g/mol. The molecule has 2 aliphatic rings. The normalized spacial score (nSPS) is 27.7. The number of hydrogen-bond acceptors (Lipinski definition) is 5. The maximum Gasteiger partial charge on any atom is 0.311 e. The number of fused-ring (bicyclic) bond motifs is 1. The fourth-order valence-corrected chi connectivity index (χ4v) is 3.78. The summed E-state index contributed by atoms with van der Waals surface area (Å²) in [4.78, 5) is 28.1. The molecule has 2 atom stereocenters. The number of carboxylic acids is 1. The average Bonchev–Trinajstić information content (AvgIpc) is 2.95. The summed E-state index contributed by atoms with van der Waals surface area (Å²) in [5, 5.41) is 20.3. The molecule has 0 unspecified atom stereocenters. The van der Waals surface area contributed by atoms with Crippen LogP contribution in [0.15, 0.2) is 12.3 Å². The maximum absolute atomic E-state index is 11.7. The molecule has 1 aromatic rings. The fraction of sp³-hybridized carbons (Fsp3) is 0.571. The van der Waals surface area contributed by atoms with Gasteiger partial charge in [0.1, 0.15) is 12.0 Å². The second kappa shape index (κ2) is 4.68. The van der Waals surface area contributed by atoms with Gasteiger partial charge in [0.2, 0.25) is 0 Å². The van der Waals surface area contributed by atoms with Gasteiger partial charge < -0.3 is 10.0 Å². The van der Waals surface area contributed by atoms with E-state index in [1.54, 1.807) is 6.92 Å². The largest absolute Gasteiger partial charge is 0.481 e. The predicted octanol–water partition coefficient (Wildman–Crippen LogP) is 1.99. The number of aryl methyl sites for hydroxylation is 1. The molecule has 2 fully saturated rings. The van der Waals surface area contributed by atoms with E-state index < -0.39 is 16.3 Å². The number of aromatic nitrogens is 1. The summed E-state index contributed by atoms with van der Waals surface area (Å²) in [5.41, 5.74) is 0.00361. The SMILES string of the molecule is Cc1cc([N+](=O)[O-])cnc1N1C[C@@H]2CCC[C@@]2(C(=O)O)C1. The van der Waals surface area contributed by atoms with Crippen LogP contribution < -0.4 is 4.90 Å². The van der Waals surface area contributed by atoms with Crippen LogP contribution in [0.5, 0.6) is 0 Å². The smallest absolute Gasteiger partial charge is 0.311 e. The molecule has 0 spiro atoms. The van der Waals surface area contributed by atoms with Crippen LogP contribution in [0.4, 0.5) is 11.5 Å². The summed E-state index contributed by atoms with van der Waals surface area (Å²) in [5.74, 6) is 0.0779. The highest BCUT2D eigenvalue weighted by atomic mass is 16.6. The number of pyridine rings is 1. The van der Waals surface area contributed by atoms with E-state index in [-0.39, 0.29) is 11.6 Å². The Morgan fingerprint density at radius 1 is 1.62 bits per heavy atom. The van der Waals surface area contributed by atoms with Crippen molar-refractivity contribution >= 4 is 17.5 Å². The zero-order chi connectivity index (χ0) is 15.2. The van der Waals surface area contributed by atoms with Crippen molar-refractivity contribution in [2.75, 3.05) is 18.0 Å². The van der Waals surface area contributed by atoms with Gasteiger partial charge in [-0.15, -0.1) is 0 Å². The summed E-state index contributed by atoms with van der Waals surface area (Å²) in [6.45, 7) is 2.88. The minimum absolute atomic E-state index is 0.0383. The Kier molecular flexibility index (Phi) is 3.07. The molecule has 0 bridgehead atoms. The highest BCUT2D eigenvalue weighted by molar-refractivity contribution is 5.78. The predicted molar refractivity (Wildman–Crippen MR) is 75.3 cm³/mol. The molecule has 1 aliphatic heterocycles. The Hall–Kier alpha value is -2.18. The molecule has 2 heterocycles. The van der Waals surface area contributed by atoms with Crippen LogP contribution in [-0.2, 0) is 4.79 Å². The first kappa shape index (κ1) is 13.8. The van der Waals surface area contributed by atoms with Gasteiger partial charge in [0.15, 0.2) is 0 Å². The molecule has 7 heteroatoms. The van der Waals surface area contributed by atoms with E-state index in [1.807, 2.05) is 4.90 Å². The molecule has 0 amide bonds. The first-order chi connectivity index (χ1) is 9.94. The maximum atomic E-state index is 11.7. The Balaban J connectivity index is 1.90. The number of nitrogens with zero attached hydrogens (tertiary/aromatic N) is 3. The van der Waals surface area contributed by atoms with E-state index >= 15 is 0 Å². The third kappa shape index (κ3) is 2.03. The van der Waals surface area contributed by atoms with Crippen LogP contribution in [0.25, 0.3) is 0 Å². The number of rotatable bonds is 3. The van der Waals surface area contributed by atoms with Crippen LogP contribution in [0.1, 0.15) is 24.8 Å². The second-order valence-corrected chi connectivity index (χ2v) is 6.02. The molecule has 112 valence electrons. The summed E-state index contributed by atoms with van der Waals surface area (Å²) in [7, 11) is 0. The molecular formula is C14H17N3O4. The molecule has 0 aromatic carbocycles. The Bertz CT molecular complexity index is 618. The van der Waals surface area contributed by atoms with E-state index in [1.165, 1.54) is 12.3 Å². The van der Waals surface area contributed by atoms with E-state index in [4.69, 9.17) is 0 Å². The van der Waals surface area contributed by atoms with E-state index in [0.717, 1.165) is 12.8 Å². The Morgan fingerprint density at radius 3 is 2.95 bits per heavy atom. The first-order valence-electron chi connectivity index (χ1n) is 7.03. The van der Waals surface area contributed by atoms with Crippen LogP contribution in [0.2, 0.25) is 0 Å². The van der Waals surface area contributed by atoms with Gasteiger partial charge in [-0.2, -0.15) is 0 Å². The topological polar surface area (TPSA) is 96.6 Å². The van der Waals surface area contributed by atoms with Crippen molar-refractivity contribution in [1.82, 2.24) is 4.98 Å². The monoisotopic (exact) mass is 291 g/mol. The molecule has 0 radical (unpaired) electrons. The van der Waals surface area contributed by atoms with Gasteiger partial charge in [-0.3, -0.25) is 14.9 Å². The third-order valence-corrected chi connectivity index (χ3v) is 4.84. The summed E-state index contributed by atoms with van der Waals surface area (Å²) in [6, 6.07) is 1.49. The van der Waals surface area contributed by atoms with Gasteiger partial charge in [-0.05, 0) is 31.2 Å². The van der Waals surface area contributed by atoms with Gasteiger partial charge >= 0.3 is 5.97 Å². The Labute approximate surface area is 121 Å². The molecule has 1 aliphatic carbocycles. The quantitative estimate of drug-likeness (QED) is 0.675. The third-order valence-electron chi connectivity index (χ3n) is 4.84. The molecule has 1 saturated carbocycles. The lowest BCUT2D eigenvalue weighted by atomic mass is 9.81. The highest BCUT2D eigenvalue weighted by Crippen LogP contribution is 2.49. The minimum atomic E-state index is -0.730. The number of aliphatic carboxylic acids is 1. The lowest BCUT2D eigenvalue weighted by Gasteiger charge is -2.24. The van der Waals surface area contributed by atoms with Crippen molar-refractivity contribution < 1.29 is 14.8 Å². The number of anilines is 1. The lowest BCUT2D eigenvalue weighted by molar-refractivity contribution is -0.385. The molecule has 1 N–H and O–H groups in total. The molecule has 3 rings (SSSR count). The van der Waals surface area contributed by atoms with Crippen molar-refractivity contribution in [1.29, 1.82) is 0 Å². The molecule has 7 nitrogen and oxygen atoms in total. The second-order valence-electron chi connectivity index (χ2n) is 6.02. The zero-order valence-electron chi connectivity index (χ0n) is 11.8. The average molecular weight is 291 g/mol. The number of hydrogen-bond donors (Lipinski definition) is 1. The van der Waals surface area contributed by atoms with Crippen LogP contribution in [-0.4, -0.2) is 34.1 Å². The first-order valence-corrected chi connectivity index (χ1v) is 7.03. The molecule has 1 saturated heterocycles. The van der Waals surface area contributed by atoms with E-state index in [0.29, 0.717) is 30.9 Å². The van der Waals surface area contributed by atoms with E-state index in [9.17, 15) is 20.0 Å². The lowest BCUT2D eigenvalue weighted by Crippen LogP contribution is -2.36. The minimum Gasteiger partial charge on any atom is -0.481 e. The standard InChI is InChI=1S/C14H17N3O4/c1-9-5-11(17(20)21)6-15-12(9)16-7-10-3-2-4-14(10,8-16)13(18)19/h5-6,10H,2-4,7-8H2,1H3,(H,18,19)/t10-,14+/m0/s1. The van der Waals surface area contributed by atoms with Crippen molar-refractivity contribution in [3.8, 4) is 0 Å². The summed E-state index contributed by atoms with van der Waals surface area (Å²) < 4.78 is 0. The van der Waals surface area contributed by atoms with Gasteiger partial charge in [0.25, 0.3) is 5.69 Å². The zero-order valence-corrected chi connectivity index (χ0v) is 11.8. The van der Waals surface area contributed by atoms with Crippen LogP contribution in [0, 0.1) is 28.4 Å². The van der Waals surface area contributed by atoms with E-state index in [2.05, 4.69) is 4.98 Å². The van der Waals surface area contributed by atoms with Crippen LogP contribution in [0.3, 0.4) is 0 Å².